The summed E-state index contributed by atoms with van der Waals surface area (Å²) in [5.74, 6) is 0.874. The number of nitrogens with zero attached hydrogens (tertiary/aromatic N) is 1. The second-order valence-electron chi connectivity index (χ2n) is 4.25. The summed E-state index contributed by atoms with van der Waals surface area (Å²) >= 11 is 6.99. The van der Waals surface area contributed by atoms with Crippen molar-refractivity contribution in [3.63, 3.8) is 0 Å². The molecule has 3 nitrogen and oxygen atoms in total. The fraction of sp³-hybridized carbons (Fsp3) is 0.267. The molecule has 1 atom stereocenters. The molecule has 1 N–H and O–H groups in total. The van der Waals surface area contributed by atoms with Gasteiger partial charge in [-0.15, -0.1) is 0 Å². The minimum absolute atomic E-state index is 0.0119. The highest BCUT2D eigenvalue weighted by atomic mass is 79.9. The number of ether oxygens (including phenoxy) is 1. The lowest BCUT2D eigenvalue weighted by molar-refractivity contribution is 0.339. The van der Waals surface area contributed by atoms with E-state index in [2.05, 4.69) is 48.2 Å². The second kappa shape index (κ2) is 7.20. The first kappa shape index (κ1) is 15.5. The van der Waals surface area contributed by atoms with Gasteiger partial charge in [0.05, 0.1) is 18.3 Å². The van der Waals surface area contributed by atoms with Gasteiger partial charge >= 0.3 is 0 Å². The molecule has 1 aromatic carbocycles. The second-order valence-corrected chi connectivity index (χ2v) is 6.02. The van der Waals surface area contributed by atoms with Gasteiger partial charge in [0.1, 0.15) is 5.75 Å². The van der Waals surface area contributed by atoms with Gasteiger partial charge in [0.25, 0.3) is 0 Å². The van der Waals surface area contributed by atoms with Crippen molar-refractivity contribution in [3.8, 4) is 5.75 Å². The molecule has 1 heterocycles. The van der Waals surface area contributed by atoms with Crippen molar-refractivity contribution >= 4 is 31.9 Å². The molecule has 106 valence electrons. The normalized spacial score (nSPS) is 12.2. The Morgan fingerprint density at radius 1 is 1.30 bits per heavy atom. The van der Waals surface area contributed by atoms with Crippen molar-refractivity contribution in [2.45, 2.75) is 13.0 Å². The van der Waals surface area contributed by atoms with Crippen molar-refractivity contribution in [2.75, 3.05) is 13.7 Å². The van der Waals surface area contributed by atoms with Gasteiger partial charge in [-0.25, -0.2) is 0 Å². The average Bonchev–Trinajstić information content (AvgIpc) is 2.43. The number of aromatic nitrogens is 1. The third kappa shape index (κ3) is 3.59. The monoisotopic (exact) mass is 398 g/mol. The van der Waals surface area contributed by atoms with Gasteiger partial charge in [-0.3, -0.25) is 4.98 Å². The van der Waals surface area contributed by atoms with Crippen molar-refractivity contribution in [2.24, 2.45) is 0 Å². The van der Waals surface area contributed by atoms with Gasteiger partial charge in [0.2, 0.25) is 0 Å². The Bertz CT molecular complexity index is 590. The highest BCUT2D eigenvalue weighted by Crippen LogP contribution is 2.30. The maximum atomic E-state index is 5.56. The lowest BCUT2D eigenvalue weighted by Crippen LogP contribution is -2.19. The summed E-state index contributed by atoms with van der Waals surface area (Å²) in [5, 5.41) is 3.30. The molecular weight excluding hydrogens is 384 g/mol. The van der Waals surface area contributed by atoms with Crippen LogP contribution in [-0.2, 0) is 0 Å². The van der Waals surface area contributed by atoms with E-state index in [9.17, 15) is 0 Å². The zero-order valence-corrected chi connectivity index (χ0v) is 14.5. The Balaban J connectivity index is 2.38. The molecule has 0 spiro atoms. The average molecular weight is 400 g/mol. The predicted octanol–water partition coefficient (Wildman–Crippen LogP) is 4.31. The fourth-order valence-corrected chi connectivity index (χ4v) is 3.27. The maximum Gasteiger partial charge on any atom is 0.119 e. The first-order valence-electron chi connectivity index (χ1n) is 6.36. The first-order valence-corrected chi connectivity index (χ1v) is 7.95. The molecule has 0 bridgehead atoms. The minimum Gasteiger partial charge on any atom is -0.494 e. The summed E-state index contributed by atoms with van der Waals surface area (Å²) in [5.41, 5.74) is 2.07. The minimum atomic E-state index is 0.0119. The molecule has 0 fully saturated rings. The molecule has 0 saturated carbocycles. The molecule has 2 rings (SSSR count). The number of halogens is 2. The van der Waals surface area contributed by atoms with Crippen LogP contribution in [0.15, 0.2) is 45.5 Å². The SMILES string of the molecule is CCOc1cccc(C(NC)c2ncc(Br)cc2Br)c1. The van der Waals surface area contributed by atoms with Crippen LogP contribution >= 0.6 is 31.9 Å². The molecule has 0 saturated heterocycles. The van der Waals surface area contributed by atoms with Crippen molar-refractivity contribution in [1.82, 2.24) is 10.3 Å². The van der Waals surface area contributed by atoms with Gasteiger partial charge in [0, 0.05) is 15.1 Å². The zero-order chi connectivity index (χ0) is 14.5. The third-order valence-corrected chi connectivity index (χ3v) is 3.97. The molecule has 0 amide bonds. The largest absolute Gasteiger partial charge is 0.494 e. The van der Waals surface area contributed by atoms with E-state index >= 15 is 0 Å². The van der Waals surface area contributed by atoms with E-state index in [0.717, 1.165) is 26.0 Å². The molecule has 20 heavy (non-hydrogen) atoms. The van der Waals surface area contributed by atoms with Crippen LogP contribution in [0.4, 0.5) is 0 Å². The highest BCUT2D eigenvalue weighted by Gasteiger charge is 2.17. The Kier molecular flexibility index (Phi) is 5.57. The Morgan fingerprint density at radius 3 is 2.75 bits per heavy atom. The van der Waals surface area contributed by atoms with Crippen LogP contribution in [0.2, 0.25) is 0 Å². The van der Waals surface area contributed by atoms with Crippen LogP contribution < -0.4 is 10.1 Å². The summed E-state index contributed by atoms with van der Waals surface area (Å²) in [4.78, 5) is 4.50. The van der Waals surface area contributed by atoms with E-state index in [1.165, 1.54) is 0 Å². The van der Waals surface area contributed by atoms with Crippen LogP contribution in [0.3, 0.4) is 0 Å². The summed E-state index contributed by atoms with van der Waals surface area (Å²) in [6.45, 7) is 2.64. The van der Waals surface area contributed by atoms with E-state index in [-0.39, 0.29) is 6.04 Å². The summed E-state index contributed by atoms with van der Waals surface area (Å²) in [7, 11) is 1.92. The van der Waals surface area contributed by atoms with Crippen LogP contribution in [0.5, 0.6) is 5.75 Å². The highest BCUT2D eigenvalue weighted by molar-refractivity contribution is 9.11. The molecule has 0 aliphatic rings. The zero-order valence-electron chi connectivity index (χ0n) is 11.4. The molecule has 0 aliphatic carbocycles. The Hall–Kier alpha value is -0.910. The van der Waals surface area contributed by atoms with Crippen molar-refractivity contribution in [1.29, 1.82) is 0 Å². The first-order chi connectivity index (χ1) is 9.65. The number of benzene rings is 1. The number of hydrogen-bond donors (Lipinski definition) is 1. The molecule has 1 unspecified atom stereocenters. The van der Waals surface area contributed by atoms with Crippen LogP contribution in [0.25, 0.3) is 0 Å². The Labute approximate surface area is 136 Å². The number of pyridine rings is 1. The van der Waals surface area contributed by atoms with E-state index < -0.39 is 0 Å². The van der Waals surface area contributed by atoms with Crippen LogP contribution in [0, 0.1) is 0 Å². The lowest BCUT2D eigenvalue weighted by atomic mass is 10.0. The van der Waals surface area contributed by atoms with Gasteiger partial charge in [-0.1, -0.05) is 12.1 Å². The van der Waals surface area contributed by atoms with Crippen LogP contribution in [-0.4, -0.2) is 18.6 Å². The predicted molar refractivity (Wildman–Crippen MR) is 88.2 cm³/mol. The van der Waals surface area contributed by atoms with Gasteiger partial charge < -0.3 is 10.1 Å². The van der Waals surface area contributed by atoms with Crippen LogP contribution in [0.1, 0.15) is 24.2 Å². The van der Waals surface area contributed by atoms with Crippen molar-refractivity contribution in [3.05, 3.63) is 56.7 Å². The van der Waals surface area contributed by atoms with E-state index in [4.69, 9.17) is 4.74 Å². The topological polar surface area (TPSA) is 34.1 Å². The Morgan fingerprint density at radius 2 is 2.10 bits per heavy atom. The molecule has 0 aliphatic heterocycles. The summed E-state index contributed by atoms with van der Waals surface area (Å²) in [6, 6.07) is 10.1. The van der Waals surface area contributed by atoms with Gasteiger partial charge in [-0.2, -0.15) is 0 Å². The van der Waals surface area contributed by atoms with E-state index in [1.807, 2.05) is 38.2 Å². The molecule has 0 radical (unpaired) electrons. The van der Waals surface area contributed by atoms with E-state index in [0.29, 0.717) is 6.61 Å². The standard InChI is InChI=1S/C15H16Br2N2O/c1-3-20-12-6-4-5-10(7-12)14(18-2)15-13(17)8-11(16)9-19-15/h4-9,14,18H,3H2,1-2H3. The van der Waals surface area contributed by atoms with E-state index in [1.54, 1.807) is 6.20 Å². The molecule has 5 heteroatoms. The molecular formula is C15H16Br2N2O. The molecule has 1 aromatic heterocycles. The van der Waals surface area contributed by atoms with Gasteiger partial charge in [0.15, 0.2) is 0 Å². The van der Waals surface area contributed by atoms with Gasteiger partial charge in [-0.05, 0) is 69.6 Å². The smallest absolute Gasteiger partial charge is 0.119 e. The summed E-state index contributed by atoms with van der Waals surface area (Å²) < 4.78 is 7.47. The molecule has 2 aromatic rings. The number of hydrogen-bond acceptors (Lipinski definition) is 3. The number of rotatable bonds is 5. The number of nitrogens with one attached hydrogen (secondary N) is 1. The quantitative estimate of drug-likeness (QED) is 0.813. The fourth-order valence-electron chi connectivity index (χ4n) is 2.05. The van der Waals surface area contributed by atoms with Crippen molar-refractivity contribution < 1.29 is 4.74 Å². The lowest BCUT2D eigenvalue weighted by Gasteiger charge is -2.18. The summed E-state index contributed by atoms with van der Waals surface area (Å²) in [6.07, 6.45) is 1.80. The maximum absolute atomic E-state index is 5.56. The third-order valence-electron chi connectivity index (χ3n) is 2.90.